The molecule has 1 aromatic carbocycles. The zero-order valence-electron chi connectivity index (χ0n) is 17.2. The van der Waals surface area contributed by atoms with Gasteiger partial charge in [-0.1, -0.05) is 29.0 Å². The Balaban J connectivity index is 1.71. The van der Waals surface area contributed by atoms with Crippen molar-refractivity contribution in [2.45, 2.75) is 36.6 Å². The smallest absolute Gasteiger partial charge is 0.266 e. The zero-order valence-corrected chi connectivity index (χ0v) is 20.4. The first-order valence-corrected chi connectivity index (χ1v) is 13.5. The summed E-state index contributed by atoms with van der Waals surface area (Å²) in [7, 11) is -3.86. The maximum Gasteiger partial charge on any atom is 0.266 e. The monoisotopic (exact) mass is 517 g/mol. The number of carbonyl (C=O) groups excluding carboxylic acids is 1. The van der Waals surface area contributed by atoms with Gasteiger partial charge in [-0.05, 0) is 44.0 Å². The number of benzene rings is 1. The molecule has 0 N–H and O–H groups in total. The lowest BCUT2D eigenvalue weighted by Crippen LogP contribution is -2.40. The molecule has 1 atom stereocenters. The van der Waals surface area contributed by atoms with Crippen molar-refractivity contribution in [2.75, 3.05) is 19.8 Å². The van der Waals surface area contributed by atoms with E-state index in [0.717, 1.165) is 11.3 Å². The van der Waals surface area contributed by atoms with Crippen molar-refractivity contribution in [3.63, 3.8) is 0 Å². The summed E-state index contributed by atoms with van der Waals surface area (Å²) in [5, 5.41) is 0. The van der Waals surface area contributed by atoms with Crippen molar-refractivity contribution in [1.82, 2.24) is 8.87 Å². The van der Waals surface area contributed by atoms with Crippen LogP contribution in [0.25, 0.3) is 10.2 Å². The predicted octanol–water partition coefficient (Wildman–Crippen LogP) is 3.87. The van der Waals surface area contributed by atoms with E-state index in [1.165, 1.54) is 33.8 Å². The molecule has 0 radical (unpaired) electrons. The lowest BCUT2D eigenvalue weighted by molar-refractivity contribution is -0.121. The van der Waals surface area contributed by atoms with E-state index in [4.69, 9.17) is 16.3 Å². The second kappa shape index (κ2) is 9.70. The van der Waals surface area contributed by atoms with Gasteiger partial charge in [0.05, 0.1) is 21.2 Å². The number of nitrogens with zero attached hydrogens (tertiary/aromatic N) is 3. The summed E-state index contributed by atoms with van der Waals surface area (Å²) in [5.41, 5.74) is 0.355. The highest BCUT2D eigenvalue weighted by atomic mass is 35.5. The highest BCUT2D eigenvalue weighted by molar-refractivity contribution is 7.91. The lowest BCUT2D eigenvalue weighted by Gasteiger charge is -2.20. The molecule has 0 spiro atoms. The average molecular weight is 518 g/mol. The third-order valence-corrected chi connectivity index (χ3v) is 9.77. The normalized spacial score (nSPS) is 18.1. The van der Waals surface area contributed by atoms with Crippen LogP contribution in [-0.4, -0.2) is 49.0 Å². The Hall–Kier alpha value is -1.63. The third-order valence-electron chi connectivity index (χ3n) is 5.12. The molecule has 1 aliphatic heterocycles. The molecule has 0 saturated carbocycles. The van der Waals surface area contributed by atoms with Gasteiger partial charge in [-0.15, -0.1) is 11.3 Å². The van der Waals surface area contributed by atoms with E-state index < -0.39 is 27.8 Å². The highest BCUT2D eigenvalue weighted by Crippen LogP contribution is 2.32. The second-order valence-electron chi connectivity index (χ2n) is 7.10. The first kappa shape index (κ1) is 23.5. The van der Waals surface area contributed by atoms with Crippen LogP contribution in [0.4, 0.5) is 4.39 Å². The topological polar surface area (TPSA) is 81.0 Å². The molecule has 0 unspecified atom stereocenters. The van der Waals surface area contributed by atoms with E-state index in [1.54, 1.807) is 16.7 Å². The van der Waals surface area contributed by atoms with Crippen molar-refractivity contribution in [2.24, 2.45) is 4.99 Å². The van der Waals surface area contributed by atoms with E-state index >= 15 is 0 Å². The van der Waals surface area contributed by atoms with Gasteiger partial charge in [0, 0.05) is 19.7 Å². The summed E-state index contributed by atoms with van der Waals surface area (Å²) >= 11 is 8.05. The molecule has 3 heterocycles. The fourth-order valence-electron chi connectivity index (χ4n) is 3.68. The van der Waals surface area contributed by atoms with Gasteiger partial charge >= 0.3 is 0 Å². The van der Waals surface area contributed by atoms with Crippen LogP contribution in [0.2, 0.25) is 4.34 Å². The van der Waals surface area contributed by atoms with Crippen LogP contribution in [-0.2, 0) is 26.1 Å². The first-order valence-electron chi connectivity index (χ1n) is 10.0. The Morgan fingerprint density at radius 2 is 2.12 bits per heavy atom. The van der Waals surface area contributed by atoms with E-state index in [1.807, 2.05) is 6.92 Å². The molecular formula is C20H21ClFN3O4S3. The minimum atomic E-state index is -3.86. The van der Waals surface area contributed by atoms with E-state index in [9.17, 15) is 17.6 Å². The number of para-hydroxylation sites is 1. The van der Waals surface area contributed by atoms with Crippen molar-refractivity contribution < 1.29 is 22.3 Å². The molecule has 3 aromatic rings. The molecule has 0 bridgehead atoms. The minimum Gasteiger partial charge on any atom is -0.380 e. The molecule has 1 aliphatic rings. The van der Waals surface area contributed by atoms with Gasteiger partial charge in [0.25, 0.3) is 15.9 Å². The molecule has 1 fully saturated rings. The number of halogens is 2. The van der Waals surface area contributed by atoms with E-state index in [0.29, 0.717) is 52.0 Å². The largest absolute Gasteiger partial charge is 0.380 e. The van der Waals surface area contributed by atoms with Crippen LogP contribution in [0.5, 0.6) is 0 Å². The molecule has 12 heteroatoms. The Bertz CT molecular complexity index is 1320. The number of thiazole rings is 1. The SMILES string of the molecule is CCOCCn1c(=NC(=O)[C@@H]2CCCN2S(=O)(=O)c2ccc(Cl)s2)sc2cccc(F)c21. The molecule has 32 heavy (non-hydrogen) atoms. The lowest BCUT2D eigenvalue weighted by atomic mass is 10.2. The Morgan fingerprint density at radius 3 is 2.84 bits per heavy atom. The number of hydrogen-bond acceptors (Lipinski definition) is 6. The fourth-order valence-corrected chi connectivity index (χ4v) is 8.01. The van der Waals surface area contributed by atoms with Gasteiger partial charge in [0.15, 0.2) is 4.80 Å². The molecule has 2 aromatic heterocycles. The quantitative estimate of drug-likeness (QED) is 0.445. The molecular weight excluding hydrogens is 497 g/mol. The number of aromatic nitrogens is 1. The van der Waals surface area contributed by atoms with Gasteiger partial charge in [-0.3, -0.25) is 4.79 Å². The molecule has 0 aliphatic carbocycles. The van der Waals surface area contributed by atoms with Crippen molar-refractivity contribution in [1.29, 1.82) is 0 Å². The zero-order chi connectivity index (χ0) is 22.9. The maximum atomic E-state index is 14.5. The van der Waals surface area contributed by atoms with Crippen LogP contribution in [0, 0.1) is 5.82 Å². The highest BCUT2D eigenvalue weighted by Gasteiger charge is 2.40. The standard InChI is InChI=1S/C20H21ClFN3O4S3/c1-2-29-12-11-24-18-13(22)5-3-7-15(18)30-20(24)23-19(26)14-6-4-10-25(14)32(27,28)17-9-8-16(21)31-17/h3,5,7-9,14H,2,4,6,10-12H2,1H3/t14-/m0/s1. The van der Waals surface area contributed by atoms with Gasteiger partial charge < -0.3 is 9.30 Å². The van der Waals surface area contributed by atoms with Gasteiger partial charge in [-0.2, -0.15) is 9.30 Å². The third kappa shape index (κ3) is 4.55. The number of carbonyl (C=O) groups is 1. The number of fused-ring (bicyclic) bond motifs is 1. The summed E-state index contributed by atoms with van der Waals surface area (Å²) in [6.45, 7) is 3.26. The number of rotatable bonds is 7. The number of ether oxygens (including phenoxy) is 1. The number of sulfonamides is 1. The molecule has 1 amide bonds. The van der Waals surface area contributed by atoms with Crippen LogP contribution in [0.3, 0.4) is 0 Å². The van der Waals surface area contributed by atoms with Crippen molar-refractivity contribution in [3.8, 4) is 0 Å². The maximum absolute atomic E-state index is 14.5. The fraction of sp³-hybridized carbons (Fsp3) is 0.400. The van der Waals surface area contributed by atoms with Crippen LogP contribution in [0.1, 0.15) is 19.8 Å². The molecule has 172 valence electrons. The summed E-state index contributed by atoms with van der Waals surface area (Å²) in [5.74, 6) is -0.977. The van der Waals surface area contributed by atoms with Crippen molar-refractivity contribution in [3.05, 3.63) is 45.3 Å². The molecule has 7 nitrogen and oxygen atoms in total. The molecule has 4 rings (SSSR count). The Kier molecular flexibility index (Phi) is 7.13. The Labute approximate surface area is 197 Å². The number of hydrogen-bond donors (Lipinski definition) is 0. The summed E-state index contributed by atoms with van der Waals surface area (Å²) in [4.78, 5) is 17.7. The predicted molar refractivity (Wildman–Crippen MR) is 123 cm³/mol. The summed E-state index contributed by atoms with van der Waals surface area (Å²) < 4.78 is 50.0. The van der Waals surface area contributed by atoms with Crippen molar-refractivity contribution >= 4 is 60.4 Å². The Morgan fingerprint density at radius 1 is 1.31 bits per heavy atom. The van der Waals surface area contributed by atoms with E-state index in [2.05, 4.69) is 4.99 Å². The first-order chi connectivity index (χ1) is 15.3. The minimum absolute atomic E-state index is 0.0953. The van der Waals surface area contributed by atoms with Crippen LogP contribution >= 0.6 is 34.3 Å². The van der Waals surface area contributed by atoms with Crippen LogP contribution < -0.4 is 4.80 Å². The second-order valence-corrected chi connectivity index (χ2v) is 11.9. The number of thiophene rings is 1. The number of amides is 1. The summed E-state index contributed by atoms with van der Waals surface area (Å²) in [6, 6.07) is 6.77. The van der Waals surface area contributed by atoms with Gasteiger partial charge in [-0.25, -0.2) is 12.8 Å². The van der Waals surface area contributed by atoms with Gasteiger partial charge in [0.2, 0.25) is 0 Å². The van der Waals surface area contributed by atoms with E-state index in [-0.39, 0.29) is 10.8 Å². The van der Waals surface area contributed by atoms with Crippen LogP contribution in [0.15, 0.2) is 39.5 Å². The average Bonchev–Trinajstić information content (AvgIpc) is 3.48. The molecule has 1 saturated heterocycles. The summed E-state index contributed by atoms with van der Waals surface area (Å²) in [6.07, 6.45) is 0.925. The van der Waals surface area contributed by atoms with Gasteiger partial charge in [0.1, 0.15) is 16.1 Å².